The zero-order valence-electron chi connectivity index (χ0n) is 39.7. The third kappa shape index (κ3) is 12.0. The van der Waals surface area contributed by atoms with E-state index in [2.05, 4.69) is 78.6 Å². The van der Waals surface area contributed by atoms with Crippen LogP contribution in [0.5, 0.6) is 0 Å². The van der Waals surface area contributed by atoms with E-state index in [1.807, 2.05) is 19.2 Å². The lowest BCUT2D eigenvalue weighted by Gasteiger charge is -2.61. The van der Waals surface area contributed by atoms with Gasteiger partial charge in [-0.3, -0.25) is 19.4 Å². The SMILES string of the molecule is CC1=C(O)C(=O)C=C2C1=CC=C1C2(C)CC[C@@]2(C)CCC(C)CCC(C)(F)CCC12C.O=CNCCCOCCOCCOCCCNC(=O)CCc1ccc2[nH]c3ccncc3c2c1. The fourth-order valence-electron chi connectivity index (χ4n) is 10.4. The molecular weight excluding hydrogens is 824 g/mol. The number of allylic oxidation sites excluding steroid dienone is 7. The predicted octanol–water partition coefficient (Wildman–Crippen LogP) is 10.1. The summed E-state index contributed by atoms with van der Waals surface area (Å²) in [5, 5.41) is 18.0. The zero-order chi connectivity index (χ0) is 46.7. The van der Waals surface area contributed by atoms with Crippen molar-refractivity contribution in [2.45, 2.75) is 124 Å². The van der Waals surface area contributed by atoms with Crippen molar-refractivity contribution >= 4 is 39.9 Å². The van der Waals surface area contributed by atoms with Crippen molar-refractivity contribution < 1.29 is 38.1 Å². The van der Waals surface area contributed by atoms with Gasteiger partial charge in [-0.15, -0.1) is 0 Å². The van der Waals surface area contributed by atoms with Crippen molar-refractivity contribution in [2.75, 3.05) is 52.7 Å². The van der Waals surface area contributed by atoms with E-state index in [-0.39, 0.29) is 33.7 Å². The van der Waals surface area contributed by atoms with E-state index in [0.717, 1.165) is 89.9 Å². The molecule has 354 valence electrons. The molecule has 2 fully saturated rings. The molecule has 0 saturated heterocycles. The monoisotopic (exact) mass is 897 g/mol. The van der Waals surface area contributed by atoms with E-state index in [4.69, 9.17) is 14.2 Å². The molecule has 7 rings (SSSR count). The maximum atomic E-state index is 15.5. The van der Waals surface area contributed by atoms with E-state index < -0.39 is 5.67 Å². The molecule has 11 nitrogen and oxygen atoms in total. The second-order valence-electron chi connectivity index (χ2n) is 19.8. The largest absolute Gasteiger partial charge is 0.504 e. The molecule has 2 aromatic heterocycles. The van der Waals surface area contributed by atoms with Crippen LogP contribution in [0.2, 0.25) is 0 Å². The second kappa shape index (κ2) is 22.2. The molecule has 2 heterocycles. The molecule has 4 N–H and O–H groups in total. The number of ether oxygens (including phenoxy) is 3. The number of aliphatic hydroxyl groups is 1. The summed E-state index contributed by atoms with van der Waals surface area (Å²) in [5.74, 6) is 0.166. The number of nitrogens with one attached hydrogen (secondary N) is 3. The van der Waals surface area contributed by atoms with Gasteiger partial charge in [0.15, 0.2) is 5.76 Å². The van der Waals surface area contributed by atoms with Crippen LogP contribution in [0.1, 0.15) is 118 Å². The van der Waals surface area contributed by atoms with Gasteiger partial charge in [-0.05, 0) is 136 Å². The first-order valence-corrected chi connectivity index (χ1v) is 23.9. The Morgan fingerprint density at radius 3 is 2.32 bits per heavy atom. The molecule has 0 spiro atoms. The number of aromatic amines is 1. The summed E-state index contributed by atoms with van der Waals surface area (Å²) in [4.78, 5) is 42.4. The normalized spacial score (nSPS) is 26.7. The Morgan fingerprint density at radius 1 is 0.892 bits per heavy atom. The van der Waals surface area contributed by atoms with Crippen LogP contribution in [0.3, 0.4) is 0 Å². The van der Waals surface area contributed by atoms with Gasteiger partial charge >= 0.3 is 0 Å². The average Bonchev–Trinajstić information content (AvgIpc) is 3.66. The summed E-state index contributed by atoms with van der Waals surface area (Å²) in [5.41, 5.74) is 5.93. The van der Waals surface area contributed by atoms with Gasteiger partial charge in [0, 0.05) is 77.9 Å². The van der Waals surface area contributed by atoms with Gasteiger partial charge in [0.1, 0.15) is 5.67 Å². The predicted molar refractivity (Wildman–Crippen MR) is 255 cm³/mol. The minimum Gasteiger partial charge on any atom is -0.504 e. The minimum absolute atomic E-state index is 0.0472. The Hall–Kier alpha value is -4.65. The van der Waals surface area contributed by atoms with E-state index in [1.54, 1.807) is 19.2 Å². The van der Waals surface area contributed by atoms with Gasteiger partial charge in [0.05, 0.1) is 26.4 Å². The Balaban J connectivity index is 0.000000216. The number of H-pyrrole nitrogens is 1. The number of carbonyl (C=O) groups excluding carboxylic acids is 3. The van der Waals surface area contributed by atoms with Crippen LogP contribution in [0, 0.1) is 22.2 Å². The molecule has 65 heavy (non-hydrogen) atoms. The number of fused-ring (bicyclic) bond motifs is 8. The minimum atomic E-state index is -1.13. The number of benzene rings is 1. The first-order chi connectivity index (χ1) is 31.1. The van der Waals surface area contributed by atoms with E-state index in [0.29, 0.717) is 96.3 Å². The molecule has 4 unspecified atom stereocenters. The third-order valence-electron chi connectivity index (χ3n) is 15.1. The third-order valence-corrected chi connectivity index (χ3v) is 15.1. The number of alkyl halides is 1. The fourth-order valence-corrected chi connectivity index (χ4v) is 10.4. The number of pyridine rings is 1. The summed E-state index contributed by atoms with van der Waals surface area (Å²) in [6.07, 6.45) is 20.4. The van der Waals surface area contributed by atoms with E-state index in [1.165, 1.54) is 5.57 Å². The quantitative estimate of drug-likeness (QED) is 0.0728. The Morgan fingerprint density at radius 2 is 1.58 bits per heavy atom. The number of aliphatic hydroxyl groups excluding tert-OH is 1. The molecule has 1 aromatic carbocycles. The summed E-state index contributed by atoms with van der Waals surface area (Å²) in [7, 11) is 0. The number of amides is 2. The Labute approximate surface area is 385 Å². The maximum absolute atomic E-state index is 15.5. The lowest BCUT2D eigenvalue weighted by molar-refractivity contribution is -0.121. The standard InChI is InChI=1S/C28H39FO2.C25H34N4O5/c1-18-9-11-25(3)13-15-27(5)21-17-22(30)24(31)19(2)20(21)7-8-23(27)28(25,6)16-14-26(4,29)12-10-18;30-19-27-8-1-11-32-13-15-34-16-14-33-12-2-9-28-25(31)6-4-20-3-5-23-21(17-20)22-18-26-10-7-24(22)29-23/h7-8,17-18,31H,9-16H2,1-6H3;3,5,7,10,17-19,29H,1-2,4,6,8-9,11-16H2,(H,27,30)(H,28,31)/t18?,25-,26?,27?,28?;/m1./s1. The van der Waals surface area contributed by atoms with Crippen molar-refractivity contribution in [3.63, 3.8) is 0 Å². The van der Waals surface area contributed by atoms with Crippen LogP contribution in [-0.2, 0) is 35.0 Å². The van der Waals surface area contributed by atoms with Crippen molar-refractivity contribution in [1.82, 2.24) is 20.6 Å². The summed E-state index contributed by atoms with van der Waals surface area (Å²) < 4.78 is 31.8. The molecule has 4 aliphatic rings. The molecule has 0 bridgehead atoms. The van der Waals surface area contributed by atoms with Crippen LogP contribution in [0.4, 0.5) is 4.39 Å². The zero-order valence-corrected chi connectivity index (χ0v) is 39.7. The molecule has 2 amide bonds. The van der Waals surface area contributed by atoms with E-state index >= 15 is 4.39 Å². The summed E-state index contributed by atoms with van der Waals surface area (Å²) >= 11 is 0. The number of halogens is 1. The molecular formula is C53H73FN4O7. The number of nitrogens with zero attached hydrogens (tertiary/aromatic N) is 1. The topological polar surface area (TPSA) is 152 Å². The summed E-state index contributed by atoms with van der Waals surface area (Å²) in [6.45, 7) is 17.4. The first-order valence-electron chi connectivity index (χ1n) is 23.9. The van der Waals surface area contributed by atoms with Crippen LogP contribution in [-0.4, -0.2) is 91.6 Å². The number of hydrogen-bond acceptors (Lipinski definition) is 8. The van der Waals surface area contributed by atoms with Crippen LogP contribution in [0.25, 0.3) is 21.8 Å². The Bertz CT molecular complexity index is 2280. The van der Waals surface area contributed by atoms with Crippen LogP contribution < -0.4 is 10.6 Å². The number of hydrogen-bond donors (Lipinski definition) is 4. The molecule has 4 aliphatic carbocycles. The van der Waals surface area contributed by atoms with Gasteiger partial charge < -0.3 is 34.9 Å². The molecule has 5 atom stereocenters. The van der Waals surface area contributed by atoms with Gasteiger partial charge in [-0.2, -0.15) is 0 Å². The van der Waals surface area contributed by atoms with Crippen molar-refractivity contribution in [3.8, 4) is 0 Å². The lowest BCUT2D eigenvalue weighted by atomic mass is 9.43. The van der Waals surface area contributed by atoms with Gasteiger partial charge in [0.2, 0.25) is 18.1 Å². The van der Waals surface area contributed by atoms with Crippen molar-refractivity contribution in [1.29, 1.82) is 0 Å². The first kappa shape index (κ1) is 49.8. The highest BCUT2D eigenvalue weighted by molar-refractivity contribution is 6.07. The average molecular weight is 897 g/mol. The summed E-state index contributed by atoms with van der Waals surface area (Å²) in [6, 6.07) is 8.23. The number of aromatic nitrogens is 2. The maximum Gasteiger partial charge on any atom is 0.220 e. The van der Waals surface area contributed by atoms with Crippen molar-refractivity contribution in [2.24, 2.45) is 22.2 Å². The second-order valence-corrected chi connectivity index (χ2v) is 19.8. The van der Waals surface area contributed by atoms with Crippen molar-refractivity contribution in [3.05, 3.63) is 88.5 Å². The Kier molecular flexibility index (Phi) is 17.0. The van der Waals surface area contributed by atoms with Gasteiger partial charge in [-0.25, -0.2) is 4.39 Å². The fraction of sp³-hybridized carbons (Fsp3) is 0.585. The highest BCUT2D eigenvalue weighted by Gasteiger charge is 2.58. The van der Waals surface area contributed by atoms with Gasteiger partial charge in [0.25, 0.3) is 0 Å². The number of ketones is 1. The van der Waals surface area contributed by atoms with Crippen LogP contribution >= 0.6 is 0 Å². The number of aryl methyl sites for hydroxylation is 1. The molecule has 3 aromatic rings. The molecule has 12 heteroatoms. The lowest BCUT2D eigenvalue weighted by Crippen LogP contribution is -2.51. The van der Waals surface area contributed by atoms with Gasteiger partial charge in [-0.1, -0.05) is 57.9 Å². The molecule has 0 aliphatic heterocycles. The van der Waals surface area contributed by atoms with Crippen LogP contribution in [0.15, 0.2) is 82.9 Å². The molecule has 2 saturated carbocycles. The number of carbonyl (C=O) groups is 3. The highest BCUT2D eigenvalue weighted by Crippen LogP contribution is 2.68. The molecule has 0 radical (unpaired) electrons. The number of rotatable bonds is 18. The smallest absolute Gasteiger partial charge is 0.220 e. The highest BCUT2D eigenvalue weighted by atomic mass is 19.1. The van der Waals surface area contributed by atoms with E-state index in [9.17, 15) is 19.5 Å².